The third-order valence-electron chi connectivity index (χ3n) is 6.61. The van der Waals surface area contributed by atoms with Gasteiger partial charge in [-0.25, -0.2) is 0 Å². The number of fused-ring (bicyclic) bond motifs is 3. The maximum absolute atomic E-state index is 6.28. The van der Waals surface area contributed by atoms with Crippen molar-refractivity contribution in [3.05, 3.63) is 109 Å². The molecule has 2 aliphatic carbocycles. The molecule has 1 unspecified atom stereocenters. The molecule has 0 saturated carbocycles. The van der Waals surface area contributed by atoms with Crippen LogP contribution in [0.15, 0.2) is 66.2 Å². The Morgan fingerprint density at radius 1 is 0.844 bits per heavy atom. The molecular weight excluding hydrogens is 404 g/mol. The highest BCUT2D eigenvalue weighted by Gasteiger charge is 2.30. The molecule has 0 saturated heterocycles. The summed E-state index contributed by atoms with van der Waals surface area (Å²) in [5, 5.41) is 5.42. The molecule has 0 N–H and O–H groups in total. The first-order chi connectivity index (χ1) is 15.3. The number of hydrogen-bond donors (Lipinski definition) is 0. The summed E-state index contributed by atoms with van der Waals surface area (Å²) >= 11 is 0. The van der Waals surface area contributed by atoms with Gasteiger partial charge in [-0.2, -0.15) is 0 Å². The molecule has 0 amide bonds. The Morgan fingerprint density at radius 2 is 1.59 bits per heavy atom. The lowest BCUT2D eigenvalue weighted by atomic mass is 9.82. The lowest BCUT2D eigenvalue weighted by Crippen LogP contribution is -2.26. The Bertz CT molecular complexity index is 1450. The molecule has 3 aromatic rings. The van der Waals surface area contributed by atoms with E-state index in [1.165, 1.54) is 54.3 Å². The molecule has 5 rings (SSSR count). The van der Waals surface area contributed by atoms with E-state index in [4.69, 9.17) is 4.43 Å². The van der Waals surface area contributed by atoms with Gasteiger partial charge in [-0.3, -0.25) is 0 Å². The first-order valence-corrected chi connectivity index (χ1v) is 15.1. The summed E-state index contributed by atoms with van der Waals surface area (Å²) in [6.45, 7) is 12.1. The van der Waals surface area contributed by atoms with Gasteiger partial charge in [0.15, 0.2) is 8.32 Å². The van der Waals surface area contributed by atoms with Crippen molar-refractivity contribution >= 4 is 26.0 Å². The van der Waals surface area contributed by atoms with Gasteiger partial charge in [-0.15, -0.1) is 0 Å². The summed E-state index contributed by atoms with van der Waals surface area (Å²) in [5.74, 6) is 0.279. The second kappa shape index (κ2) is 8.02. The molecule has 0 aliphatic heterocycles. The first kappa shape index (κ1) is 21.2. The second-order valence-electron chi connectivity index (χ2n) is 10.2. The highest BCUT2D eigenvalue weighted by atomic mass is 28.4. The summed E-state index contributed by atoms with van der Waals surface area (Å²) in [7, 11) is -1.54. The first-order valence-electron chi connectivity index (χ1n) is 11.7. The largest absolute Gasteiger partial charge is 0.417 e. The molecule has 3 aromatic carbocycles. The highest BCUT2D eigenvalue weighted by molar-refractivity contribution is 6.69. The van der Waals surface area contributed by atoms with E-state index in [2.05, 4.69) is 106 Å². The fourth-order valence-corrected chi connectivity index (χ4v) is 5.93. The lowest BCUT2D eigenvalue weighted by Gasteiger charge is -2.23. The molecule has 0 fully saturated rings. The monoisotopic (exact) mass is 436 g/mol. The van der Waals surface area contributed by atoms with Crippen LogP contribution >= 0.6 is 0 Å². The van der Waals surface area contributed by atoms with Gasteiger partial charge in [0.2, 0.25) is 0 Å². The molecule has 2 aliphatic rings. The van der Waals surface area contributed by atoms with Crippen molar-refractivity contribution in [3.63, 3.8) is 0 Å². The third kappa shape index (κ3) is 3.72. The molecule has 0 aromatic heterocycles. The Balaban J connectivity index is 1.73. The predicted molar refractivity (Wildman–Crippen MR) is 138 cm³/mol. The lowest BCUT2D eigenvalue weighted by molar-refractivity contribution is 0.314. The molecule has 0 spiro atoms. The van der Waals surface area contributed by atoms with E-state index in [1.54, 1.807) is 0 Å². The summed E-state index contributed by atoms with van der Waals surface area (Å²) in [5.41, 5.74) is 8.48. The van der Waals surface area contributed by atoms with Gasteiger partial charge < -0.3 is 4.43 Å². The maximum Gasteiger partial charge on any atom is 0.183 e. The van der Waals surface area contributed by atoms with Crippen LogP contribution in [0.1, 0.15) is 48.4 Å². The zero-order chi connectivity index (χ0) is 22.5. The van der Waals surface area contributed by atoms with Crippen LogP contribution in [0.2, 0.25) is 19.6 Å². The minimum Gasteiger partial charge on any atom is -0.417 e. The van der Waals surface area contributed by atoms with Gasteiger partial charge in [0.25, 0.3) is 0 Å². The standard InChI is InChI=1S/C30H32OSi/c1-20(2)24-14-15-27-25-12-8-6-11-22(25)19-28(27)30(24)29-23(16-17-31-32(3,4)5)18-21-10-7-9-13-26(21)29/h6-15,18-19,29H,16-17H2,1-5H3. The summed E-state index contributed by atoms with van der Waals surface area (Å²) in [6.07, 6.45) is 5.80. The Morgan fingerprint density at radius 3 is 2.38 bits per heavy atom. The van der Waals surface area contributed by atoms with E-state index >= 15 is 0 Å². The van der Waals surface area contributed by atoms with E-state index in [0.717, 1.165) is 13.0 Å². The molecule has 1 atom stereocenters. The molecule has 0 heterocycles. The summed E-state index contributed by atoms with van der Waals surface area (Å²) < 4.78 is 6.28. The Hall–Kier alpha value is -2.68. The van der Waals surface area contributed by atoms with Crippen molar-refractivity contribution in [2.24, 2.45) is 0 Å². The van der Waals surface area contributed by atoms with Crippen LogP contribution < -0.4 is 10.4 Å². The maximum atomic E-state index is 6.28. The minimum absolute atomic E-state index is 0.279. The van der Waals surface area contributed by atoms with E-state index < -0.39 is 8.32 Å². The van der Waals surface area contributed by atoms with Crippen LogP contribution in [0.25, 0.3) is 17.7 Å². The summed E-state index contributed by atoms with van der Waals surface area (Å²) in [4.78, 5) is 0. The zero-order valence-corrected chi connectivity index (χ0v) is 20.8. The molecule has 0 bridgehead atoms. The van der Waals surface area contributed by atoms with Crippen LogP contribution in [-0.4, -0.2) is 14.9 Å². The van der Waals surface area contributed by atoms with Crippen LogP contribution in [0.5, 0.6) is 0 Å². The number of hydrogen-bond acceptors (Lipinski definition) is 1. The number of benzene rings is 3. The summed E-state index contributed by atoms with van der Waals surface area (Å²) in [6, 6.07) is 22.4. The minimum atomic E-state index is -1.54. The number of rotatable bonds is 5. The SMILES string of the molecule is CC(C)=c1ccc2c(c1C1C(CCO[Si](C)(C)C)=Cc3ccccc31)C=c1ccccc1=2. The molecular formula is C30H32OSi. The van der Waals surface area contributed by atoms with Crippen molar-refractivity contribution in [1.29, 1.82) is 0 Å². The molecule has 1 nitrogen and oxygen atoms in total. The van der Waals surface area contributed by atoms with E-state index in [1.807, 2.05) is 0 Å². The fraction of sp³-hybridized carbons (Fsp3) is 0.267. The van der Waals surface area contributed by atoms with E-state index in [-0.39, 0.29) is 5.92 Å². The van der Waals surface area contributed by atoms with E-state index in [9.17, 15) is 0 Å². The zero-order valence-electron chi connectivity index (χ0n) is 19.8. The van der Waals surface area contributed by atoms with Gasteiger partial charge in [0, 0.05) is 12.5 Å². The van der Waals surface area contributed by atoms with Crippen LogP contribution in [-0.2, 0) is 4.43 Å². The van der Waals surface area contributed by atoms with Crippen molar-refractivity contribution in [2.45, 2.75) is 45.8 Å². The van der Waals surface area contributed by atoms with Gasteiger partial charge in [-0.05, 0) is 89.1 Å². The molecule has 162 valence electrons. The van der Waals surface area contributed by atoms with Gasteiger partial charge in [0.1, 0.15) is 0 Å². The topological polar surface area (TPSA) is 9.23 Å². The smallest absolute Gasteiger partial charge is 0.183 e. The third-order valence-corrected chi connectivity index (χ3v) is 7.68. The average Bonchev–Trinajstić information content (AvgIpc) is 3.30. The van der Waals surface area contributed by atoms with Gasteiger partial charge >= 0.3 is 0 Å². The average molecular weight is 437 g/mol. The van der Waals surface area contributed by atoms with Crippen LogP contribution in [0.3, 0.4) is 0 Å². The van der Waals surface area contributed by atoms with Crippen molar-refractivity contribution in [1.82, 2.24) is 0 Å². The van der Waals surface area contributed by atoms with Crippen molar-refractivity contribution in [2.75, 3.05) is 6.61 Å². The molecule has 0 radical (unpaired) electrons. The van der Waals surface area contributed by atoms with Gasteiger partial charge in [0.05, 0.1) is 0 Å². The Kier molecular flexibility index (Phi) is 5.31. The van der Waals surface area contributed by atoms with Gasteiger partial charge in [-0.1, -0.05) is 77.9 Å². The normalized spacial score (nSPS) is 16.2. The van der Waals surface area contributed by atoms with Crippen molar-refractivity contribution < 1.29 is 4.43 Å². The second-order valence-corrected chi connectivity index (χ2v) is 14.7. The molecule has 32 heavy (non-hydrogen) atoms. The fourth-order valence-electron chi connectivity index (χ4n) is 5.22. The quantitative estimate of drug-likeness (QED) is 0.345. The van der Waals surface area contributed by atoms with Crippen molar-refractivity contribution in [3.8, 4) is 0 Å². The Labute approximate surface area is 192 Å². The highest BCUT2D eigenvalue weighted by Crippen LogP contribution is 2.43. The molecule has 2 heteroatoms. The van der Waals surface area contributed by atoms with Crippen LogP contribution in [0, 0.1) is 10.4 Å². The predicted octanol–water partition coefficient (Wildman–Crippen LogP) is 6.08. The van der Waals surface area contributed by atoms with Crippen LogP contribution in [0.4, 0.5) is 0 Å². The van der Waals surface area contributed by atoms with E-state index in [0.29, 0.717) is 0 Å².